The summed E-state index contributed by atoms with van der Waals surface area (Å²) in [5.41, 5.74) is 4.96. The number of nitrogens with zero attached hydrogens (tertiary/aromatic N) is 3. The van der Waals surface area contributed by atoms with Crippen molar-refractivity contribution in [2.45, 2.75) is 77.9 Å². The summed E-state index contributed by atoms with van der Waals surface area (Å²) in [6.07, 6.45) is 14.9. The lowest BCUT2D eigenvalue weighted by Crippen LogP contribution is -2.35. The van der Waals surface area contributed by atoms with Gasteiger partial charge >= 0.3 is 0 Å². The highest BCUT2D eigenvalue weighted by Gasteiger charge is 2.25. The number of imidazole rings is 1. The summed E-state index contributed by atoms with van der Waals surface area (Å²) < 4.78 is 2.09. The molecule has 1 atom stereocenters. The first-order valence-corrected chi connectivity index (χ1v) is 13.1. The molecule has 5 nitrogen and oxygen atoms in total. The molecular formula is C28H37ClN4O. The first kappa shape index (κ1) is 24.7. The van der Waals surface area contributed by atoms with Gasteiger partial charge in [0.15, 0.2) is 5.78 Å². The third-order valence-corrected chi connectivity index (χ3v) is 7.45. The third-order valence-electron chi connectivity index (χ3n) is 7.08. The van der Waals surface area contributed by atoms with Crippen LogP contribution in [0.5, 0.6) is 0 Å². The number of hydrogen-bond donors (Lipinski definition) is 1. The van der Waals surface area contributed by atoms with Crippen molar-refractivity contribution in [3.8, 4) is 0 Å². The Bertz CT molecular complexity index is 1040. The number of fused-ring (bicyclic) bond motifs is 1. The maximum atomic E-state index is 11.7. The van der Waals surface area contributed by atoms with Gasteiger partial charge in [0.05, 0.1) is 12.7 Å². The molecule has 0 spiro atoms. The molecule has 1 N–H and O–H groups in total. The minimum atomic E-state index is 0.105. The second-order valence-corrected chi connectivity index (χ2v) is 9.81. The topological polar surface area (TPSA) is 50.2 Å². The lowest BCUT2D eigenvalue weighted by molar-refractivity contribution is 0.100. The van der Waals surface area contributed by atoms with E-state index in [1.165, 1.54) is 49.9 Å². The van der Waals surface area contributed by atoms with Crippen LogP contribution in [-0.4, -0.2) is 39.4 Å². The number of nitrogens with one attached hydrogen (secondary N) is 1. The molecule has 0 amide bonds. The van der Waals surface area contributed by atoms with E-state index in [9.17, 15) is 4.79 Å². The predicted molar refractivity (Wildman–Crippen MR) is 139 cm³/mol. The normalized spacial score (nSPS) is 19.4. The van der Waals surface area contributed by atoms with Gasteiger partial charge in [-0.15, -0.1) is 0 Å². The van der Waals surface area contributed by atoms with Crippen LogP contribution < -0.4 is 5.32 Å². The second kappa shape index (κ2) is 11.9. The Kier molecular flexibility index (Phi) is 8.63. The van der Waals surface area contributed by atoms with Crippen LogP contribution >= 0.6 is 11.6 Å². The van der Waals surface area contributed by atoms with Crippen LogP contribution in [-0.2, 0) is 19.5 Å². The van der Waals surface area contributed by atoms with E-state index in [1.54, 1.807) is 18.7 Å². The fraction of sp³-hybridized carbons (Fsp3) is 0.500. The van der Waals surface area contributed by atoms with Crippen LogP contribution in [0.2, 0.25) is 5.02 Å². The smallest absolute Gasteiger partial charge is 0.177 e. The molecular weight excluding hydrogens is 444 g/mol. The Hall–Kier alpha value is -2.37. The van der Waals surface area contributed by atoms with Gasteiger partial charge in [0.2, 0.25) is 0 Å². The number of aromatic nitrogens is 2. The van der Waals surface area contributed by atoms with Crippen LogP contribution in [0.3, 0.4) is 0 Å². The van der Waals surface area contributed by atoms with Gasteiger partial charge in [-0.05, 0) is 74.8 Å². The van der Waals surface area contributed by atoms with Crippen molar-refractivity contribution < 1.29 is 4.79 Å². The molecule has 1 aromatic heterocycles. The van der Waals surface area contributed by atoms with Crippen molar-refractivity contribution >= 4 is 17.4 Å². The number of carbonyl (C=O) groups excluding carboxylic acids is 1. The highest BCUT2D eigenvalue weighted by atomic mass is 35.5. The zero-order valence-corrected chi connectivity index (χ0v) is 21.3. The van der Waals surface area contributed by atoms with E-state index in [0.29, 0.717) is 6.04 Å². The van der Waals surface area contributed by atoms with E-state index in [0.717, 1.165) is 49.0 Å². The largest absolute Gasteiger partial charge is 0.362 e. The molecule has 1 aromatic carbocycles. The highest BCUT2D eigenvalue weighted by molar-refractivity contribution is 6.31. The van der Waals surface area contributed by atoms with E-state index in [4.69, 9.17) is 11.6 Å². The SMILES string of the molecule is CC(=O)c1cnc2n1CCN(C(/C=C/CC1CCCN1)=C1CCC1)C2.CCc1ccccc1Cl. The lowest BCUT2D eigenvalue weighted by Gasteiger charge is -2.34. The average Bonchev–Trinajstić information content (AvgIpc) is 3.47. The molecule has 2 aromatic rings. The number of benzene rings is 1. The number of Topliss-reactive ketones (excluding diaryl/α,β-unsaturated/α-hetero) is 1. The summed E-state index contributed by atoms with van der Waals surface area (Å²) in [6.45, 7) is 7.49. The fourth-order valence-electron chi connectivity index (χ4n) is 4.89. The molecule has 1 aliphatic carbocycles. The van der Waals surface area contributed by atoms with Gasteiger partial charge in [-0.1, -0.05) is 42.8 Å². The van der Waals surface area contributed by atoms with Crippen molar-refractivity contribution in [1.29, 1.82) is 0 Å². The minimum Gasteiger partial charge on any atom is -0.362 e. The van der Waals surface area contributed by atoms with E-state index in [1.807, 2.05) is 24.3 Å². The quantitative estimate of drug-likeness (QED) is 0.520. The zero-order valence-electron chi connectivity index (χ0n) is 20.5. The summed E-state index contributed by atoms with van der Waals surface area (Å²) in [4.78, 5) is 18.7. The number of carbonyl (C=O) groups is 1. The van der Waals surface area contributed by atoms with Crippen LogP contribution in [0.1, 0.15) is 74.2 Å². The molecule has 0 bridgehead atoms. The van der Waals surface area contributed by atoms with Crippen LogP contribution in [0.15, 0.2) is 53.9 Å². The molecule has 1 saturated carbocycles. The maximum absolute atomic E-state index is 11.7. The van der Waals surface area contributed by atoms with Gasteiger partial charge in [0, 0.05) is 36.8 Å². The standard InChI is InChI=1S/C20H28N4O.C8H9Cl/c1-15(25)19-13-22-20-14-23(11-12-24(19)20)18(16-5-2-6-16)9-3-7-17-8-4-10-21-17;1-2-7-5-3-4-6-8(7)9/h3,9,13,17,21H,2,4-8,10-12,14H2,1H3;3-6H,2H2,1H3/b9-3+;. The summed E-state index contributed by atoms with van der Waals surface area (Å²) in [7, 11) is 0. The molecule has 3 aliphatic rings. The Balaban J connectivity index is 0.000000257. The highest BCUT2D eigenvalue weighted by Crippen LogP contribution is 2.32. The first-order valence-electron chi connectivity index (χ1n) is 12.7. The molecule has 2 aliphatic heterocycles. The number of aryl methyl sites for hydroxylation is 1. The van der Waals surface area contributed by atoms with Crippen molar-refractivity contribution in [1.82, 2.24) is 19.8 Å². The Morgan fingerprint density at radius 3 is 2.68 bits per heavy atom. The van der Waals surface area contributed by atoms with Gasteiger partial charge < -0.3 is 14.8 Å². The summed E-state index contributed by atoms with van der Waals surface area (Å²) in [5, 5.41) is 4.44. The van der Waals surface area contributed by atoms with Crippen molar-refractivity contribution in [2.75, 3.05) is 13.1 Å². The lowest BCUT2D eigenvalue weighted by atomic mass is 9.89. The molecule has 6 heteroatoms. The molecule has 2 fully saturated rings. The van der Waals surface area contributed by atoms with Gasteiger partial charge in [0.1, 0.15) is 11.5 Å². The number of hydrogen-bond acceptors (Lipinski definition) is 4. The van der Waals surface area contributed by atoms with Crippen molar-refractivity contribution in [3.05, 3.63) is 76.0 Å². The number of ketones is 1. The molecule has 5 rings (SSSR count). The van der Waals surface area contributed by atoms with E-state index in [2.05, 4.69) is 38.8 Å². The molecule has 34 heavy (non-hydrogen) atoms. The summed E-state index contributed by atoms with van der Waals surface area (Å²) in [6, 6.07) is 8.57. The third kappa shape index (κ3) is 6.00. The molecule has 1 unspecified atom stereocenters. The van der Waals surface area contributed by atoms with E-state index < -0.39 is 0 Å². The van der Waals surface area contributed by atoms with Gasteiger partial charge in [-0.2, -0.15) is 0 Å². The zero-order chi connectivity index (χ0) is 23.9. The summed E-state index contributed by atoms with van der Waals surface area (Å²) in [5.74, 6) is 1.12. The number of halogens is 1. The Morgan fingerprint density at radius 1 is 1.24 bits per heavy atom. The number of allylic oxidation sites excluding steroid dienone is 2. The van der Waals surface area contributed by atoms with Crippen LogP contribution in [0.25, 0.3) is 0 Å². The maximum Gasteiger partial charge on any atom is 0.177 e. The Labute approximate surface area is 208 Å². The van der Waals surface area contributed by atoms with Crippen molar-refractivity contribution in [3.63, 3.8) is 0 Å². The van der Waals surface area contributed by atoms with Gasteiger partial charge in [0.25, 0.3) is 0 Å². The van der Waals surface area contributed by atoms with Crippen molar-refractivity contribution in [2.24, 2.45) is 0 Å². The number of rotatable bonds is 6. The molecule has 0 radical (unpaired) electrons. The molecule has 182 valence electrons. The van der Waals surface area contributed by atoms with Crippen LogP contribution in [0, 0.1) is 0 Å². The van der Waals surface area contributed by atoms with Gasteiger partial charge in [-0.25, -0.2) is 4.98 Å². The Morgan fingerprint density at radius 2 is 2.06 bits per heavy atom. The minimum absolute atomic E-state index is 0.105. The van der Waals surface area contributed by atoms with E-state index >= 15 is 0 Å². The van der Waals surface area contributed by atoms with Crippen LogP contribution in [0.4, 0.5) is 0 Å². The monoisotopic (exact) mass is 480 g/mol. The fourth-order valence-corrected chi connectivity index (χ4v) is 5.16. The van der Waals surface area contributed by atoms with E-state index in [-0.39, 0.29) is 5.78 Å². The predicted octanol–water partition coefficient (Wildman–Crippen LogP) is 5.94. The second-order valence-electron chi connectivity index (χ2n) is 9.41. The first-order chi connectivity index (χ1) is 16.6. The molecule has 1 saturated heterocycles. The average molecular weight is 481 g/mol. The van der Waals surface area contributed by atoms with Gasteiger partial charge in [-0.3, -0.25) is 4.79 Å². The molecule has 3 heterocycles. The summed E-state index contributed by atoms with van der Waals surface area (Å²) >= 11 is 5.82.